The summed E-state index contributed by atoms with van der Waals surface area (Å²) in [5, 5.41) is 16.1. The summed E-state index contributed by atoms with van der Waals surface area (Å²) in [6, 6.07) is 3.30. The van der Waals surface area contributed by atoms with Gasteiger partial charge >= 0.3 is 6.18 Å². The minimum atomic E-state index is -4.63. The molecule has 0 atom stereocenters. The van der Waals surface area contributed by atoms with Crippen LogP contribution in [-0.2, 0) is 17.5 Å². The number of aryl methyl sites for hydroxylation is 2. The summed E-state index contributed by atoms with van der Waals surface area (Å²) in [7, 11) is 0. The number of rotatable bonds is 6. The first-order chi connectivity index (χ1) is 13.5. The number of anilines is 1. The third kappa shape index (κ3) is 4.69. The van der Waals surface area contributed by atoms with Gasteiger partial charge in [-0.05, 0) is 48.9 Å². The van der Waals surface area contributed by atoms with Crippen LogP contribution in [0.5, 0.6) is 5.75 Å². The Morgan fingerprint density at radius 3 is 2.59 bits per heavy atom. The first kappa shape index (κ1) is 21.5. The van der Waals surface area contributed by atoms with E-state index >= 15 is 0 Å². The van der Waals surface area contributed by atoms with E-state index in [-0.39, 0.29) is 41.5 Å². The van der Waals surface area contributed by atoms with Gasteiger partial charge in [-0.2, -0.15) is 18.3 Å². The number of benzene rings is 1. The fourth-order valence-corrected chi connectivity index (χ4v) is 3.67. The van der Waals surface area contributed by atoms with Gasteiger partial charge in [-0.1, -0.05) is 25.4 Å². The number of amides is 1. The highest BCUT2D eigenvalue weighted by Gasteiger charge is 2.42. The topological polar surface area (TPSA) is 67.2 Å². The normalized spacial score (nSPS) is 14.5. The largest absolute Gasteiger partial charge is 0.508 e. The van der Waals surface area contributed by atoms with Crippen LogP contribution < -0.4 is 5.32 Å². The van der Waals surface area contributed by atoms with Gasteiger partial charge in [-0.25, -0.2) is 0 Å². The first-order valence-corrected chi connectivity index (χ1v) is 9.83. The van der Waals surface area contributed by atoms with E-state index < -0.39 is 11.9 Å². The molecule has 2 N–H and O–H groups in total. The molecule has 0 bridgehead atoms. The zero-order valence-electron chi connectivity index (χ0n) is 16.4. The fourth-order valence-electron chi connectivity index (χ4n) is 3.28. The summed E-state index contributed by atoms with van der Waals surface area (Å²) in [6.45, 7) is 5.61. The summed E-state index contributed by atoms with van der Waals surface area (Å²) in [6.07, 6.45) is -3.16. The lowest BCUT2D eigenvalue weighted by Gasteiger charge is -2.15. The number of carbonyl (C=O) groups is 1. The lowest BCUT2D eigenvalue weighted by Crippen LogP contribution is -2.17. The van der Waals surface area contributed by atoms with Crippen molar-refractivity contribution in [3.8, 4) is 5.75 Å². The number of phenols is 1. The van der Waals surface area contributed by atoms with Crippen molar-refractivity contribution in [2.24, 2.45) is 0 Å². The second-order valence-electron chi connectivity index (χ2n) is 7.72. The minimum absolute atomic E-state index is 0.00162. The van der Waals surface area contributed by atoms with Crippen molar-refractivity contribution in [2.75, 3.05) is 5.32 Å². The molecule has 5 nitrogen and oxygen atoms in total. The predicted molar refractivity (Wildman–Crippen MR) is 104 cm³/mol. The highest BCUT2D eigenvalue weighted by molar-refractivity contribution is 6.32. The predicted octanol–water partition coefficient (Wildman–Crippen LogP) is 5.60. The SMILES string of the molecule is Cc1cc(O)c(C(C)C)cc1NC(=O)CCn1nc(C(F)(F)F)c(Cl)c1C1CC1. The van der Waals surface area contributed by atoms with Crippen LogP contribution in [0.3, 0.4) is 0 Å². The number of hydrogen-bond acceptors (Lipinski definition) is 3. The number of carbonyl (C=O) groups excluding carboxylic acids is 1. The Balaban J connectivity index is 1.74. The molecule has 0 aliphatic heterocycles. The zero-order valence-corrected chi connectivity index (χ0v) is 17.2. The van der Waals surface area contributed by atoms with Gasteiger partial charge in [0.15, 0.2) is 5.69 Å². The van der Waals surface area contributed by atoms with Crippen molar-refractivity contribution in [1.82, 2.24) is 9.78 Å². The minimum Gasteiger partial charge on any atom is -0.508 e. The maximum absolute atomic E-state index is 13.1. The Morgan fingerprint density at radius 1 is 1.38 bits per heavy atom. The summed E-state index contributed by atoms with van der Waals surface area (Å²) in [5.41, 5.74) is 1.22. The summed E-state index contributed by atoms with van der Waals surface area (Å²) in [4.78, 5) is 12.4. The number of aromatic hydroxyl groups is 1. The van der Waals surface area contributed by atoms with Crippen molar-refractivity contribution in [2.45, 2.75) is 64.6 Å². The van der Waals surface area contributed by atoms with Gasteiger partial charge in [0.05, 0.1) is 17.3 Å². The molecule has 0 radical (unpaired) electrons. The Bertz CT molecular complexity index is 934. The van der Waals surface area contributed by atoms with Crippen molar-refractivity contribution >= 4 is 23.2 Å². The van der Waals surface area contributed by atoms with E-state index in [0.717, 1.165) is 12.8 Å². The number of hydrogen-bond donors (Lipinski definition) is 2. The molecular weight excluding hydrogens is 407 g/mol. The number of halogens is 4. The average Bonchev–Trinajstić information content (AvgIpc) is 3.37. The second-order valence-corrected chi connectivity index (χ2v) is 8.10. The van der Waals surface area contributed by atoms with Gasteiger partial charge in [-0.15, -0.1) is 0 Å². The molecule has 3 rings (SSSR count). The second kappa shape index (κ2) is 7.89. The van der Waals surface area contributed by atoms with E-state index in [9.17, 15) is 23.1 Å². The number of nitrogens with zero attached hydrogens (tertiary/aromatic N) is 2. The van der Waals surface area contributed by atoms with E-state index in [1.54, 1.807) is 19.1 Å². The molecule has 158 valence electrons. The molecule has 0 unspecified atom stereocenters. The van der Waals surface area contributed by atoms with Crippen molar-refractivity contribution in [3.05, 3.63) is 39.7 Å². The Hall–Kier alpha value is -2.22. The van der Waals surface area contributed by atoms with E-state index in [4.69, 9.17) is 11.6 Å². The maximum atomic E-state index is 13.1. The van der Waals surface area contributed by atoms with Crippen LogP contribution in [0.1, 0.15) is 67.5 Å². The zero-order chi connectivity index (χ0) is 21.5. The molecule has 0 spiro atoms. The molecule has 1 aliphatic carbocycles. The van der Waals surface area contributed by atoms with Gasteiger partial charge in [-0.3, -0.25) is 9.48 Å². The third-order valence-corrected chi connectivity index (χ3v) is 5.36. The molecule has 0 saturated heterocycles. The molecule has 2 aromatic rings. The first-order valence-electron chi connectivity index (χ1n) is 9.45. The molecule has 1 fully saturated rings. The number of phenolic OH excluding ortho intramolecular Hbond substituents is 1. The molecule has 1 aromatic heterocycles. The van der Waals surface area contributed by atoms with Crippen LogP contribution >= 0.6 is 11.6 Å². The van der Waals surface area contributed by atoms with Gasteiger partial charge in [0.2, 0.25) is 5.91 Å². The lowest BCUT2D eigenvalue weighted by molar-refractivity contribution is -0.141. The molecular formula is C20H23ClF3N3O2. The highest BCUT2D eigenvalue weighted by atomic mass is 35.5. The van der Waals surface area contributed by atoms with Crippen LogP contribution in [0.25, 0.3) is 0 Å². The monoisotopic (exact) mass is 429 g/mol. The van der Waals surface area contributed by atoms with Crippen LogP contribution in [0.4, 0.5) is 18.9 Å². The smallest absolute Gasteiger partial charge is 0.436 e. The quantitative estimate of drug-likeness (QED) is 0.587. The fraction of sp³-hybridized carbons (Fsp3) is 0.500. The summed E-state index contributed by atoms with van der Waals surface area (Å²) >= 11 is 5.95. The number of nitrogens with one attached hydrogen (secondary N) is 1. The van der Waals surface area contributed by atoms with E-state index in [2.05, 4.69) is 10.4 Å². The van der Waals surface area contributed by atoms with Gasteiger partial charge in [0, 0.05) is 18.0 Å². The van der Waals surface area contributed by atoms with Gasteiger partial charge in [0.1, 0.15) is 5.75 Å². The number of alkyl halides is 3. The van der Waals surface area contributed by atoms with Gasteiger partial charge < -0.3 is 10.4 Å². The van der Waals surface area contributed by atoms with Crippen LogP contribution in [0.15, 0.2) is 12.1 Å². The highest BCUT2D eigenvalue weighted by Crippen LogP contribution is 2.47. The van der Waals surface area contributed by atoms with Crippen molar-refractivity contribution in [1.29, 1.82) is 0 Å². The molecule has 1 aliphatic rings. The van der Waals surface area contributed by atoms with E-state index in [0.29, 0.717) is 22.5 Å². The van der Waals surface area contributed by atoms with E-state index in [1.807, 2.05) is 13.8 Å². The molecule has 29 heavy (non-hydrogen) atoms. The van der Waals surface area contributed by atoms with E-state index in [1.165, 1.54) is 4.68 Å². The van der Waals surface area contributed by atoms with Crippen LogP contribution in [0, 0.1) is 6.92 Å². The Morgan fingerprint density at radius 2 is 2.03 bits per heavy atom. The summed E-state index contributed by atoms with van der Waals surface area (Å²) in [5.74, 6) is -0.160. The lowest BCUT2D eigenvalue weighted by atomic mass is 9.99. The molecule has 1 amide bonds. The van der Waals surface area contributed by atoms with Gasteiger partial charge in [0.25, 0.3) is 0 Å². The van der Waals surface area contributed by atoms with Crippen molar-refractivity contribution in [3.63, 3.8) is 0 Å². The molecule has 1 saturated carbocycles. The maximum Gasteiger partial charge on any atom is 0.436 e. The van der Waals surface area contributed by atoms with Crippen LogP contribution in [-0.4, -0.2) is 20.8 Å². The molecule has 9 heteroatoms. The third-order valence-electron chi connectivity index (χ3n) is 4.98. The standard InChI is InChI=1S/C20H23ClF3N3O2/c1-10(2)13-9-14(11(3)8-15(13)28)25-16(29)6-7-27-18(12-4-5-12)17(21)19(26-27)20(22,23)24/h8-10,12,28H,4-7H2,1-3H3,(H,25,29). The number of aromatic nitrogens is 2. The Labute approximate surface area is 171 Å². The van der Waals surface area contributed by atoms with Crippen molar-refractivity contribution < 1.29 is 23.1 Å². The summed E-state index contributed by atoms with van der Waals surface area (Å²) < 4.78 is 40.6. The molecule has 1 heterocycles. The molecule has 1 aromatic carbocycles. The average molecular weight is 430 g/mol. The Kier molecular flexibility index (Phi) is 5.85. The van der Waals surface area contributed by atoms with Crippen LogP contribution in [0.2, 0.25) is 5.02 Å².